The van der Waals surface area contributed by atoms with Crippen LogP contribution in [-0.4, -0.2) is 46.7 Å². The molecule has 0 saturated carbocycles. The molecule has 0 radical (unpaired) electrons. The highest BCUT2D eigenvalue weighted by molar-refractivity contribution is 6.21. The van der Waals surface area contributed by atoms with E-state index < -0.39 is 24.2 Å². The second kappa shape index (κ2) is 9.51. The van der Waals surface area contributed by atoms with Gasteiger partial charge in [-0.15, -0.1) is 16.5 Å². The van der Waals surface area contributed by atoms with E-state index >= 15 is 0 Å². The molecule has 0 aromatic carbocycles. The average molecular weight is 406 g/mol. The number of aromatic nitrogens is 2. The number of carbonyl (C=O) groups excluding carboxylic acids is 1. The Bertz CT molecular complexity index is 802. The number of alkyl halides is 1. The molecule has 2 aromatic heterocycles. The monoisotopic (exact) mass is 405 g/mol. The number of nitroso groups, excluding NO2 is 1. The predicted molar refractivity (Wildman–Crippen MR) is 104 cm³/mol. The van der Waals surface area contributed by atoms with Gasteiger partial charge in [0.15, 0.2) is 11.9 Å². The summed E-state index contributed by atoms with van der Waals surface area (Å²) in [5.74, 6) is -0.605. The fourth-order valence-electron chi connectivity index (χ4n) is 2.79. The van der Waals surface area contributed by atoms with Gasteiger partial charge < -0.3 is 15.8 Å². The SMILES string of the molecule is NC(N=O)C(C(=O)Nc1cnccc1Oc1cccnc1)C1NCC(Cl)CN1. The molecule has 1 saturated heterocycles. The summed E-state index contributed by atoms with van der Waals surface area (Å²) in [4.78, 5) is 31.9. The normalized spacial score (nSPS) is 21.4. The lowest BCUT2D eigenvalue weighted by atomic mass is 10.00. The second-order valence-electron chi connectivity index (χ2n) is 6.17. The van der Waals surface area contributed by atoms with Crippen LogP contribution in [0.25, 0.3) is 0 Å². The summed E-state index contributed by atoms with van der Waals surface area (Å²) in [5.41, 5.74) is 6.12. The maximum atomic E-state index is 12.9. The first-order chi connectivity index (χ1) is 13.6. The smallest absolute Gasteiger partial charge is 0.234 e. The second-order valence-corrected chi connectivity index (χ2v) is 6.78. The van der Waals surface area contributed by atoms with Gasteiger partial charge in [-0.25, -0.2) is 0 Å². The van der Waals surface area contributed by atoms with E-state index in [0.717, 1.165) is 0 Å². The number of anilines is 1. The van der Waals surface area contributed by atoms with E-state index in [9.17, 15) is 9.70 Å². The lowest BCUT2D eigenvalue weighted by Gasteiger charge is -2.34. The number of nitrogens with two attached hydrogens (primary N) is 1. The molecule has 2 unspecified atom stereocenters. The maximum absolute atomic E-state index is 12.9. The molecule has 2 atom stereocenters. The van der Waals surface area contributed by atoms with E-state index in [4.69, 9.17) is 22.1 Å². The fourth-order valence-corrected chi connectivity index (χ4v) is 2.97. The molecule has 10 nitrogen and oxygen atoms in total. The van der Waals surface area contributed by atoms with Gasteiger partial charge in [-0.05, 0) is 12.1 Å². The summed E-state index contributed by atoms with van der Waals surface area (Å²) in [7, 11) is 0. The van der Waals surface area contributed by atoms with E-state index in [-0.39, 0.29) is 5.38 Å². The molecule has 1 aliphatic rings. The lowest BCUT2D eigenvalue weighted by molar-refractivity contribution is -0.121. The topological polar surface area (TPSA) is 144 Å². The molecule has 3 heterocycles. The van der Waals surface area contributed by atoms with Crippen LogP contribution in [0.2, 0.25) is 0 Å². The molecular weight excluding hydrogens is 386 g/mol. The zero-order valence-electron chi connectivity index (χ0n) is 14.8. The number of pyridine rings is 2. The molecule has 0 bridgehead atoms. The summed E-state index contributed by atoms with van der Waals surface area (Å²) in [6.07, 6.45) is 4.33. The van der Waals surface area contributed by atoms with Gasteiger partial charge in [0.1, 0.15) is 17.4 Å². The highest BCUT2D eigenvalue weighted by Gasteiger charge is 2.37. The number of nitrogens with one attached hydrogen (secondary N) is 3. The molecule has 11 heteroatoms. The van der Waals surface area contributed by atoms with Crippen molar-refractivity contribution in [3.8, 4) is 11.5 Å². The Hall–Kier alpha value is -2.66. The number of amides is 1. The van der Waals surface area contributed by atoms with E-state index in [2.05, 4.69) is 31.1 Å². The Labute approximate surface area is 166 Å². The van der Waals surface area contributed by atoms with Crippen LogP contribution >= 0.6 is 11.6 Å². The van der Waals surface area contributed by atoms with E-state index in [1.807, 2.05) is 0 Å². The molecule has 0 aliphatic carbocycles. The van der Waals surface area contributed by atoms with Crippen LogP contribution in [0.4, 0.5) is 5.69 Å². The summed E-state index contributed by atoms with van der Waals surface area (Å²) in [5, 5.41) is 11.6. The summed E-state index contributed by atoms with van der Waals surface area (Å²) in [6, 6.07) is 5.06. The third kappa shape index (κ3) is 4.98. The number of rotatable bonds is 7. The lowest BCUT2D eigenvalue weighted by Crippen LogP contribution is -2.62. The van der Waals surface area contributed by atoms with Gasteiger partial charge in [0.05, 0.1) is 23.9 Å². The molecule has 1 aliphatic heterocycles. The number of ether oxygens (including phenoxy) is 1. The molecule has 148 valence electrons. The predicted octanol–water partition coefficient (Wildman–Crippen LogP) is 1.00. The zero-order chi connectivity index (χ0) is 19.9. The van der Waals surface area contributed by atoms with Crippen LogP contribution in [0.1, 0.15) is 0 Å². The number of halogens is 1. The van der Waals surface area contributed by atoms with Gasteiger partial charge in [0.25, 0.3) is 0 Å². The number of hydrogen-bond acceptors (Lipinski definition) is 9. The van der Waals surface area contributed by atoms with Crippen molar-refractivity contribution in [3.63, 3.8) is 0 Å². The average Bonchev–Trinajstić information content (AvgIpc) is 2.71. The van der Waals surface area contributed by atoms with Gasteiger partial charge in [-0.3, -0.25) is 25.4 Å². The molecule has 1 amide bonds. The minimum Gasteiger partial charge on any atom is -0.453 e. The number of hydrogen-bond donors (Lipinski definition) is 4. The first-order valence-electron chi connectivity index (χ1n) is 8.60. The fraction of sp³-hybridized carbons (Fsp3) is 0.353. The van der Waals surface area contributed by atoms with Crippen molar-refractivity contribution in [1.29, 1.82) is 0 Å². The summed E-state index contributed by atoms with van der Waals surface area (Å²) < 4.78 is 5.75. The van der Waals surface area contributed by atoms with Crippen molar-refractivity contribution in [2.45, 2.75) is 17.7 Å². The zero-order valence-corrected chi connectivity index (χ0v) is 15.5. The van der Waals surface area contributed by atoms with E-state index in [1.165, 1.54) is 12.4 Å². The van der Waals surface area contributed by atoms with Crippen molar-refractivity contribution in [1.82, 2.24) is 20.6 Å². The molecule has 1 fully saturated rings. The molecule has 28 heavy (non-hydrogen) atoms. The van der Waals surface area contributed by atoms with Crippen LogP contribution in [0.15, 0.2) is 48.2 Å². The van der Waals surface area contributed by atoms with Crippen LogP contribution in [0.5, 0.6) is 11.5 Å². The molecule has 3 rings (SSSR count). The third-order valence-electron chi connectivity index (χ3n) is 4.17. The molecular formula is C17H20ClN7O3. The van der Waals surface area contributed by atoms with Crippen LogP contribution < -0.4 is 26.4 Å². The maximum Gasteiger partial charge on any atom is 0.234 e. The van der Waals surface area contributed by atoms with Crippen LogP contribution in [0, 0.1) is 10.8 Å². The Morgan fingerprint density at radius 1 is 1.29 bits per heavy atom. The Morgan fingerprint density at radius 2 is 2.04 bits per heavy atom. The van der Waals surface area contributed by atoms with E-state index in [0.29, 0.717) is 30.3 Å². The third-order valence-corrected chi connectivity index (χ3v) is 4.48. The molecule has 5 N–H and O–H groups in total. The van der Waals surface area contributed by atoms with Gasteiger partial charge >= 0.3 is 0 Å². The van der Waals surface area contributed by atoms with Crippen molar-refractivity contribution in [2.75, 3.05) is 18.4 Å². The molecule has 0 spiro atoms. The molecule has 2 aromatic rings. The highest BCUT2D eigenvalue weighted by atomic mass is 35.5. The Kier molecular flexibility index (Phi) is 6.82. The largest absolute Gasteiger partial charge is 0.453 e. The van der Waals surface area contributed by atoms with Gasteiger partial charge in [-0.1, -0.05) is 5.18 Å². The Balaban J connectivity index is 1.77. The van der Waals surface area contributed by atoms with Gasteiger partial charge in [0.2, 0.25) is 5.91 Å². The number of nitrogens with zero attached hydrogens (tertiary/aromatic N) is 3. The summed E-state index contributed by atoms with van der Waals surface area (Å²) in [6.45, 7) is 0.938. The minimum atomic E-state index is -1.25. The van der Waals surface area contributed by atoms with Crippen molar-refractivity contribution < 1.29 is 9.53 Å². The minimum absolute atomic E-state index is 0.127. The first kappa shape index (κ1) is 20.1. The quantitative estimate of drug-likeness (QED) is 0.394. The highest BCUT2D eigenvalue weighted by Crippen LogP contribution is 2.28. The first-order valence-corrected chi connectivity index (χ1v) is 9.03. The number of carbonyl (C=O) groups is 1. The van der Waals surface area contributed by atoms with Crippen molar-refractivity contribution >= 4 is 23.2 Å². The van der Waals surface area contributed by atoms with Crippen molar-refractivity contribution in [2.24, 2.45) is 16.8 Å². The summed E-state index contributed by atoms with van der Waals surface area (Å²) >= 11 is 6.04. The Morgan fingerprint density at radius 3 is 2.71 bits per heavy atom. The van der Waals surface area contributed by atoms with Gasteiger partial charge in [0, 0.05) is 31.5 Å². The van der Waals surface area contributed by atoms with E-state index in [1.54, 1.807) is 30.6 Å². The van der Waals surface area contributed by atoms with Crippen LogP contribution in [0.3, 0.4) is 0 Å². The van der Waals surface area contributed by atoms with Crippen molar-refractivity contribution in [3.05, 3.63) is 47.9 Å². The van der Waals surface area contributed by atoms with Gasteiger partial charge in [-0.2, -0.15) is 0 Å². The van der Waals surface area contributed by atoms with Crippen LogP contribution in [-0.2, 0) is 4.79 Å². The standard InChI is InChI=1S/C17H20ClN7O3/c18-10-6-22-16(23-7-10)14(15(19)25-27)17(26)24-12-9-21-5-3-13(12)28-11-2-1-4-20-8-11/h1-5,8-10,14-16,22-23H,6-7,19H2,(H,24,26).